The van der Waals surface area contributed by atoms with Crippen LogP contribution in [0.4, 0.5) is 5.69 Å². The molecule has 1 amide bonds. The summed E-state index contributed by atoms with van der Waals surface area (Å²) in [6, 6.07) is 11.4. The summed E-state index contributed by atoms with van der Waals surface area (Å²) in [5.74, 6) is 1.99. The predicted octanol–water partition coefficient (Wildman–Crippen LogP) is 4.51. The first-order valence-corrected chi connectivity index (χ1v) is 8.93. The van der Waals surface area contributed by atoms with Crippen LogP contribution in [0.2, 0.25) is 0 Å². The Morgan fingerprint density at radius 3 is 2.42 bits per heavy atom. The Labute approximate surface area is 155 Å². The highest BCUT2D eigenvalue weighted by atomic mass is 16.5. The number of hydrogen-bond acceptors (Lipinski definition) is 4. The third-order valence-corrected chi connectivity index (χ3v) is 3.77. The Hall–Kier alpha value is -2.69. The summed E-state index contributed by atoms with van der Waals surface area (Å²) < 4.78 is 16.8. The Morgan fingerprint density at radius 2 is 1.69 bits per heavy atom. The van der Waals surface area contributed by atoms with Gasteiger partial charge in [-0.15, -0.1) is 0 Å². The largest absolute Gasteiger partial charge is 0.494 e. The number of rotatable bonds is 9. The van der Waals surface area contributed by atoms with Crippen molar-refractivity contribution < 1.29 is 19.0 Å². The molecule has 0 saturated carbocycles. The van der Waals surface area contributed by atoms with Crippen LogP contribution in [0.5, 0.6) is 17.2 Å². The molecule has 0 aliphatic heterocycles. The van der Waals surface area contributed by atoms with Crippen LogP contribution < -0.4 is 19.5 Å². The first-order valence-electron chi connectivity index (χ1n) is 8.93. The van der Waals surface area contributed by atoms with Gasteiger partial charge in [0.1, 0.15) is 17.2 Å². The molecule has 0 fully saturated rings. The standard InChI is InChI=1S/C21H27NO4/c1-5-24-17-9-10-19(25-6-2)18(14-17)22-21(23)11-12-26-20-13-15(3)7-8-16(20)4/h7-10,13-14H,5-6,11-12H2,1-4H3,(H,22,23). The van der Waals surface area contributed by atoms with E-state index >= 15 is 0 Å². The van der Waals surface area contributed by atoms with Gasteiger partial charge >= 0.3 is 0 Å². The van der Waals surface area contributed by atoms with Crippen molar-refractivity contribution in [2.45, 2.75) is 34.1 Å². The maximum Gasteiger partial charge on any atom is 0.227 e. The van der Waals surface area contributed by atoms with Gasteiger partial charge in [-0.1, -0.05) is 12.1 Å². The van der Waals surface area contributed by atoms with Crippen LogP contribution in [-0.4, -0.2) is 25.7 Å². The van der Waals surface area contributed by atoms with Crippen molar-refractivity contribution in [2.24, 2.45) is 0 Å². The summed E-state index contributed by atoms with van der Waals surface area (Å²) in [4.78, 5) is 12.3. The molecule has 2 rings (SSSR count). The molecule has 0 spiro atoms. The average Bonchev–Trinajstić information content (AvgIpc) is 2.60. The minimum Gasteiger partial charge on any atom is -0.494 e. The van der Waals surface area contributed by atoms with Crippen LogP contribution >= 0.6 is 0 Å². The van der Waals surface area contributed by atoms with Gasteiger partial charge in [-0.25, -0.2) is 0 Å². The molecular weight excluding hydrogens is 330 g/mol. The molecule has 0 heterocycles. The molecule has 0 unspecified atom stereocenters. The lowest BCUT2D eigenvalue weighted by atomic mass is 10.1. The first-order chi connectivity index (χ1) is 12.5. The molecule has 2 aromatic carbocycles. The topological polar surface area (TPSA) is 56.8 Å². The minimum atomic E-state index is -0.134. The molecule has 0 aliphatic carbocycles. The lowest BCUT2D eigenvalue weighted by Crippen LogP contribution is -2.16. The fraction of sp³-hybridized carbons (Fsp3) is 0.381. The van der Waals surface area contributed by atoms with Crippen molar-refractivity contribution in [3.8, 4) is 17.2 Å². The Morgan fingerprint density at radius 1 is 0.923 bits per heavy atom. The van der Waals surface area contributed by atoms with Crippen LogP contribution in [0.3, 0.4) is 0 Å². The number of ether oxygens (including phenoxy) is 3. The third kappa shape index (κ3) is 5.69. The maximum atomic E-state index is 12.3. The molecule has 0 aromatic heterocycles. The molecule has 0 atom stereocenters. The van der Waals surface area contributed by atoms with Crippen molar-refractivity contribution in [1.82, 2.24) is 0 Å². The van der Waals surface area contributed by atoms with Crippen molar-refractivity contribution in [3.63, 3.8) is 0 Å². The molecule has 0 radical (unpaired) electrons. The van der Waals surface area contributed by atoms with Gasteiger partial charge in [0.05, 0.1) is 31.9 Å². The number of aryl methyl sites for hydroxylation is 2. The predicted molar refractivity (Wildman–Crippen MR) is 103 cm³/mol. The van der Waals surface area contributed by atoms with Gasteiger partial charge in [-0.3, -0.25) is 4.79 Å². The van der Waals surface area contributed by atoms with E-state index < -0.39 is 0 Å². The van der Waals surface area contributed by atoms with Crippen LogP contribution in [0, 0.1) is 13.8 Å². The van der Waals surface area contributed by atoms with Gasteiger partial charge in [-0.05, 0) is 57.0 Å². The van der Waals surface area contributed by atoms with Gasteiger partial charge in [0, 0.05) is 6.07 Å². The average molecular weight is 357 g/mol. The Kier molecular flexibility index (Phi) is 7.33. The van der Waals surface area contributed by atoms with Gasteiger partial charge in [-0.2, -0.15) is 0 Å². The second-order valence-electron chi connectivity index (χ2n) is 5.94. The SMILES string of the molecule is CCOc1ccc(OCC)c(NC(=O)CCOc2cc(C)ccc2C)c1. The van der Waals surface area contributed by atoms with Crippen molar-refractivity contribution >= 4 is 11.6 Å². The highest BCUT2D eigenvalue weighted by Crippen LogP contribution is 2.29. The summed E-state index contributed by atoms with van der Waals surface area (Å²) in [6.07, 6.45) is 0.248. The molecule has 0 saturated heterocycles. The van der Waals surface area contributed by atoms with Crippen LogP contribution in [0.15, 0.2) is 36.4 Å². The lowest BCUT2D eigenvalue weighted by Gasteiger charge is -2.14. The zero-order valence-corrected chi connectivity index (χ0v) is 15.9. The zero-order chi connectivity index (χ0) is 18.9. The molecule has 26 heavy (non-hydrogen) atoms. The van der Waals surface area contributed by atoms with Gasteiger partial charge in [0.25, 0.3) is 0 Å². The van der Waals surface area contributed by atoms with Crippen molar-refractivity contribution in [3.05, 3.63) is 47.5 Å². The number of hydrogen-bond donors (Lipinski definition) is 1. The number of amides is 1. The maximum absolute atomic E-state index is 12.3. The van der Waals surface area contributed by atoms with E-state index in [2.05, 4.69) is 5.32 Å². The van der Waals surface area contributed by atoms with Crippen LogP contribution in [0.1, 0.15) is 31.4 Å². The molecule has 5 nitrogen and oxygen atoms in total. The van der Waals surface area contributed by atoms with Crippen molar-refractivity contribution in [1.29, 1.82) is 0 Å². The van der Waals surface area contributed by atoms with E-state index in [0.717, 1.165) is 16.9 Å². The fourth-order valence-corrected chi connectivity index (χ4v) is 2.47. The van der Waals surface area contributed by atoms with Crippen LogP contribution in [-0.2, 0) is 4.79 Å². The van der Waals surface area contributed by atoms with Gasteiger partial charge < -0.3 is 19.5 Å². The van der Waals surface area contributed by atoms with E-state index in [0.29, 0.717) is 37.0 Å². The summed E-state index contributed by atoms with van der Waals surface area (Å²) in [6.45, 7) is 9.21. The van der Waals surface area contributed by atoms with E-state index in [4.69, 9.17) is 14.2 Å². The highest BCUT2D eigenvalue weighted by molar-refractivity contribution is 5.92. The summed E-state index contributed by atoms with van der Waals surface area (Å²) >= 11 is 0. The molecule has 2 aromatic rings. The first kappa shape index (κ1) is 19.6. The van der Waals surface area contributed by atoms with E-state index in [9.17, 15) is 4.79 Å². The quantitative estimate of drug-likeness (QED) is 0.717. The minimum absolute atomic E-state index is 0.134. The number of benzene rings is 2. The van der Waals surface area contributed by atoms with Crippen molar-refractivity contribution in [2.75, 3.05) is 25.1 Å². The molecule has 0 bridgehead atoms. The molecule has 0 aliphatic rings. The number of nitrogens with one attached hydrogen (secondary N) is 1. The number of carbonyl (C=O) groups is 1. The Balaban J connectivity index is 1.96. The zero-order valence-electron chi connectivity index (χ0n) is 15.9. The highest BCUT2D eigenvalue weighted by Gasteiger charge is 2.10. The normalized spacial score (nSPS) is 10.3. The molecular formula is C21H27NO4. The monoisotopic (exact) mass is 357 g/mol. The van der Waals surface area contributed by atoms with E-state index in [-0.39, 0.29) is 12.3 Å². The molecule has 140 valence electrons. The smallest absolute Gasteiger partial charge is 0.227 e. The number of carbonyl (C=O) groups excluding carboxylic acids is 1. The molecule has 5 heteroatoms. The Bertz CT molecular complexity index is 743. The van der Waals surface area contributed by atoms with E-state index in [1.165, 1.54) is 0 Å². The molecule has 1 N–H and O–H groups in total. The third-order valence-electron chi connectivity index (χ3n) is 3.77. The summed E-state index contributed by atoms with van der Waals surface area (Å²) in [7, 11) is 0. The second-order valence-corrected chi connectivity index (χ2v) is 5.94. The van der Waals surface area contributed by atoms with E-state index in [1.54, 1.807) is 12.1 Å². The lowest BCUT2D eigenvalue weighted by molar-refractivity contribution is -0.116. The van der Waals surface area contributed by atoms with Crippen LogP contribution in [0.25, 0.3) is 0 Å². The van der Waals surface area contributed by atoms with E-state index in [1.807, 2.05) is 52.0 Å². The van der Waals surface area contributed by atoms with Gasteiger partial charge in [0.15, 0.2) is 0 Å². The second kappa shape index (κ2) is 9.70. The summed E-state index contributed by atoms with van der Waals surface area (Å²) in [5.41, 5.74) is 2.79. The summed E-state index contributed by atoms with van der Waals surface area (Å²) in [5, 5.41) is 2.88. The number of anilines is 1. The van der Waals surface area contributed by atoms with Gasteiger partial charge in [0.2, 0.25) is 5.91 Å². The fourth-order valence-electron chi connectivity index (χ4n) is 2.47.